The molecule has 4 atom stereocenters. The van der Waals surface area contributed by atoms with Crippen LogP contribution >= 0.6 is 0 Å². The molecule has 3 rings (SSSR count). The third-order valence-electron chi connectivity index (χ3n) is 6.27. The van der Waals surface area contributed by atoms with Crippen molar-refractivity contribution in [2.24, 2.45) is 28.2 Å². The van der Waals surface area contributed by atoms with Crippen molar-refractivity contribution in [1.29, 1.82) is 0 Å². The number of hydrogen-bond donors (Lipinski definition) is 0. The van der Waals surface area contributed by atoms with Gasteiger partial charge in [0.05, 0.1) is 5.71 Å². The summed E-state index contributed by atoms with van der Waals surface area (Å²) in [5, 5.41) is 0. The number of fused-ring (bicyclic) bond motifs is 2. The van der Waals surface area contributed by atoms with Gasteiger partial charge in [-0.05, 0) is 62.7 Å². The first-order valence-electron chi connectivity index (χ1n) is 8.41. The summed E-state index contributed by atoms with van der Waals surface area (Å²) in [4.78, 5) is 17.5. The molecular weight excluding hydrogens is 262 g/mol. The van der Waals surface area contributed by atoms with Crippen molar-refractivity contribution in [2.45, 2.75) is 78.4 Å². The van der Waals surface area contributed by atoms with E-state index in [2.05, 4.69) is 34.6 Å². The molecule has 21 heavy (non-hydrogen) atoms. The fourth-order valence-corrected chi connectivity index (χ4v) is 4.28. The summed E-state index contributed by atoms with van der Waals surface area (Å²) in [6.45, 7) is 13.1. The van der Waals surface area contributed by atoms with Crippen LogP contribution in [-0.4, -0.2) is 22.8 Å². The summed E-state index contributed by atoms with van der Waals surface area (Å²) in [5.41, 5.74) is 0.429. The summed E-state index contributed by atoms with van der Waals surface area (Å²) in [6, 6.07) is 0. The van der Waals surface area contributed by atoms with Crippen LogP contribution in [0.25, 0.3) is 0 Å². The number of hydrogen-bond acceptors (Lipinski definition) is 3. The van der Waals surface area contributed by atoms with Crippen LogP contribution in [0.1, 0.15) is 67.2 Å². The number of rotatable bonds is 3. The summed E-state index contributed by atoms with van der Waals surface area (Å²) in [6.07, 6.45) is 3.77. The van der Waals surface area contributed by atoms with Crippen LogP contribution in [0.5, 0.6) is 0 Å². The Morgan fingerprint density at radius 3 is 2.52 bits per heavy atom. The van der Waals surface area contributed by atoms with Crippen LogP contribution < -0.4 is 0 Å². The third-order valence-corrected chi connectivity index (χ3v) is 6.27. The first-order valence-corrected chi connectivity index (χ1v) is 8.41. The van der Waals surface area contributed by atoms with Crippen molar-refractivity contribution in [3.8, 4) is 0 Å². The van der Waals surface area contributed by atoms with E-state index in [4.69, 9.17) is 9.73 Å². The Morgan fingerprint density at radius 2 is 1.90 bits per heavy atom. The average molecular weight is 291 g/mol. The van der Waals surface area contributed by atoms with Gasteiger partial charge in [-0.25, -0.2) is 4.79 Å². The summed E-state index contributed by atoms with van der Waals surface area (Å²) in [7, 11) is 0. The van der Waals surface area contributed by atoms with Crippen LogP contribution in [-0.2, 0) is 9.53 Å². The Hall–Kier alpha value is -0.860. The zero-order chi connectivity index (χ0) is 15.6. The maximum Gasteiger partial charge on any atom is 0.334 e. The smallest absolute Gasteiger partial charge is 0.334 e. The second-order valence-corrected chi connectivity index (χ2v) is 8.83. The lowest BCUT2D eigenvalue weighted by atomic mass is 9.80. The number of esters is 1. The molecule has 1 aliphatic heterocycles. The normalized spacial score (nSPS) is 43.8. The first kappa shape index (κ1) is 15.1. The average Bonchev–Trinajstić information content (AvgIpc) is 2.87. The quantitative estimate of drug-likeness (QED) is 0.737. The minimum atomic E-state index is -0.662. The number of nitrogens with zero attached hydrogens (tertiary/aromatic N) is 1. The van der Waals surface area contributed by atoms with Crippen LogP contribution in [0.4, 0.5) is 0 Å². The fourth-order valence-electron chi connectivity index (χ4n) is 4.28. The predicted molar refractivity (Wildman–Crippen MR) is 84.4 cm³/mol. The minimum absolute atomic E-state index is 0.119. The van der Waals surface area contributed by atoms with Crippen molar-refractivity contribution < 1.29 is 9.53 Å². The standard InChI is InChI=1S/C18H29NO2/c1-11(2)7-8-17(5)15(20)21-18(6)10-13-12(16(13,3)4)9-14(18)19-17/h11-13H,7-10H2,1-6H3/t12-,13+,17+,18+/m1/s1. The first-order chi connectivity index (χ1) is 9.58. The van der Waals surface area contributed by atoms with E-state index in [9.17, 15) is 4.79 Å². The topological polar surface area (TPSA) is 38.7 Å². The van der Waals surface area contributed by atoms with Crippen molar-refractivity contribution in [3.05, 3.63) is 0 Å². The maximum absolute atomic E-state index is 12.5. The summed E-state index contributed by atoms with van der Waals surface area (Å²) < 4.78 is 5.95. The Bertz CT molecular complexity index is 507. The molecule has 3 nitrogen and oxygen atoms in total. The van der Waals surface area contributed by atoms with E-state index in [0.29, 0.717) is 17.3 Å². The van der Waals surface area contributed by atoms with E-state index in [1.165, 1.54) is 0 Å². The summed E-state index contributed by atoms with van der Waals surface area (Å²) in [5.74, 6) is 1.89. The number of ether oxygens (including phenoxy) is 1. The molecule has 0 aromatic rings. The molecule has 0 saturated heterocycles. The molecule has 0 bridgehead atoms. The Kier molecular flexibility index (Phi) is 3.10. The maximum atomic E-state index is 12.5. The molecule has 0 radical (unpaired) electrons. The van der Waals surface area contributed by atoms with Crippen LogP contribution in [0.15, 0.2) is 4.99 Å². The van der Waals surface area contributed by atoms with E-state index in [-0.39, 0.29) is 5.97 Å². The van der Waals surface area contributed by atoms with Gasteiger partial charge in [0, 0.05) is 0 Å². The highest BCUT2D eigenvalue weighted by Gasteiger charge is 2.65. The molecule has 0 amide bonds. The van der Waals surface area contributed by atoms with Gasteiger partial charge in [0.1, 0.15) is 5.60 Å². The molecule has 2 saturated carbocycles. The van der Waals surface area contributed by atoms with Crippen molar-refractivity contribution >= 4 is 11.7 Å². The molecule has 0 aromatic carbocycles. The highest BCUT2D eigenvalue weighted by Crippen LogP contribution is 2.66. The molecule has 0 N–H and O–H groups in total. The molecule has 3 heteroatoms. The van der Waals surface area contributed by atoms with Crippen LogP contribution in [0.2, 0.25) is 0 Å². The Labute approximate surface area is 128 Å². The van der Waals surface area contributed by atoms with E-state index >= 15 is 0 Å². The van der Waals surface area contributed by atoms with Gasteiger partial charge in [0.15, 0.2) is 5.54 Å². The molecular formula is C18H29NO2. The predicted octanol–water partition coefficient (Wildman–Crippen LogP) is 4.00. The SMILES string of the molecule is CC(C)CC[C@]1(C)N=C2C[C@@H]3[C@H](C[C@]2(C)OC1=O)C3(C)C. The van der Waals surface area contributed by atoms with Crippen molar-refractivity contribution in [3.63, 3.8) is 0 Å². The monoisotopic (exact) mass is 291 g/mol. The van der Waals surface area contributed by atoms with Crippen LogP contribution in [0, 0.1) is 23.2 Å². The van der Waals surface area contributed by atoms with E-state index in [1.54, 1.807) is 0 Å². The van der Waals surface area contributed by atoms with Gasteiger partial charge in [0.2, 0.25) is 0 Å². The zero-order valence-corrected chi connectivity index (χ0v) is 14.3. The van der Waals surface area contributed by atoms with Crippen molar-refractivity contribution in [1.82, 2.24) is 0 Å². The fraction of sp³-hybridized carbons (Fsp3) is 0.889. The molecule has 2 fully saturated rings. The lowest BCUT2D eigenvalue weighted by Crippen LogP contribution is -2.54. The van der Waals surface area contributed by atoms with Gasteiger partial charge in [0.25, 0.3) is 0 Å². The highest BCUT2D eigenvalue weighted by atomic mass is 16.6. The van der Waals surface area contributed by atoms with E-state index in [0.717, 1.165) is 37.3 Å². The molecule has 2 aliphatic carbocycles. The van der Waals surface area contributed by atoms with Crippen molar-refractivity contribution in [2.75, 3.05) is 0 Å². The molecule has 0 unspecified atom stereocenters. The van der Waals surface area contributed by atoms with Gasteiger partial charge >= 0.3 is 5.97 Å². The second kappa shape index (κ2) is 4.33. The Balaban J connectivity index is 1.87. The van der Waals surface area contributed by atoms with Gasteiger partial charge in [-0.15, -0.1) is 0 Å². The van der Waals surface area contributed by atoms with Crippen LogP contribution in [0.3, 0.4) is 0 Å². The molecule has 0 spiro atoms. The Morgan fingerprint density at radius 1 is 1.24 bits per heavy atom. The summed E-state index contributed by atoms with van der Waals surface area (Å²) >= 11 is 0. The van der Waals surface area contributed by atoms with E-state index in [1.807, 2.05) is 6.92 Å². The molecule has 118 valence electrons. The minimum Gasteiger partial charge on any atom is -0.451 e. The lowest BCUT2D eigenvalue weighted by molar-refractivity contribution is -0.162. The number of carbonyl (C=O) groups is 1. The lowest BCUT2D eigenvalue weighted by Gasteiger charge is -2.42. The van der Waals surface area contributed by atoms with Gasteiger partial charge in [-0.2, -0.15) is 0 Å². The van der Waals surface area contributed by atoms with Gasteiger partial charge in [-0.1, -0.05) is 27.7 Å². The van der Waals surface area contributed by atoms with Gasteiger partial charge in [-0.3, -0.25) is 4.99 Å². The molecule has 0 aromatic heterocycles. The zero-order valence-electron chi connectivity index (χ0n) is 14.3. The van der Waals surface area contributed by atoms with Gasteiger partial charge < -0.3 is 4.74 Å². The number of carbonyl (C=O) groups excluding carboxylic acids is 1. The highest BCUT2D eigenvalue weighted by molar-refractivity contribution is 6.01. The molecule has 1 heterocycles. The number of aliphatic imine (C=N–C) groups is 1. The van der Waals surface area contributed by atoms with E-state index < -0.39 is 11.1 Å². The molecule has 3 aliphatic rings. The third kappa shape index (κ3) is 2.24. The second-order valence-electron chi connectivity index (χ2n) is 8.83. The largest absolute Gasteiger partial charge is 0.451 e.